The Hall–Kier alpha value is -2.09. The highest BCUT2D eigenvalue weighted by molar-refractivity contribution is 7.89. The number of hydrogen-bond donors (Lipinski definition) is 2. The van der Waals surface area contributed by atoms with Crippen LogP contribution in [0.4, 0.5) is 5.69 Å². The lowest BCUT2D eigenvalue weighted by molar-refractivity contribution is -0.117. The van der Waals surface area contributed by atoms with Crippen molar-refractivity contribution in [2.45, 2.75) is 38.1 Å². The Labute approximate surface area is 164 Å². The Bertz CT molecular complexity index is 898. The van der Waals surface area contributed by atoms with Gasteiger partial charge in [0.15, 0.2) is 0 Å². The molecule has 1 amide bonds. The molecule has 146 valence electrons. The van der Waals surface area contributed by atoms with E-state index < -0.39 is 22.0 Å². The fourth-order valence-corrected chi connectivity index (χ4v) is 3.88. The van der Waals surface area contributed by atoms with Crippen molar-refractivity contribution in [3.05, 3.63) is 53.1 Å². The molecule has 2 N–H and O–H groups in total. The van der Waals surface area contributed by atoms with Gasteiger partial charge in [-0.2, -0.15) is 4.72 Å². The molecule has 0 saturated heterocycles. The molecule has 2 aromatic rings. The normalized spacial score (nSPS) is 12.4. The van der Waals surface area contributed by atoms with Crippen LogP contribution in [-0.4, -0.2) is 27.0 Å². The van der Waals surface area contributed by atoms with Crippen LogP contribution in [-0.2, 0) is 21.2 Å². The number of benzene rings is 2. The molecule has 2 aromatic carbocycles. The average Bonchev–Trinajstić information content (AvgIpc) is 2.63. The van der Waals surface area contributed by atoms with Gasteiger partial charge in [-0.05, 0) is 56.2 Å². The molecule has 8 heteroatoms. The van der Waals surface area contributed by atoms with Crippen LogP contribution in [0.2, 0.25) is 5.02 Å². The quantitative estimate of drug-likeness (QED) is 0.696. The van der Waals surface area contributed by atoms with Crippen molar-refractivity contribution >= 4 is 33.2 Å². The predicted octanol–water partition coefficient (Wildman–Crippen LogP) is 3.61. The molecule has 0 radical (unpaired) electrons. The first-order chi connectivity index (χ1) is 12.8. The van der Waals surface area contributed by atoms with Gasteiger partial charge in [0, 0.05) is 5.69 Å². The van der Waals surface area contributed by atoms with Crippen LogP contribution >= 0.6 is 11.6 Å². The second-order valence-electron chi connectivity index (χ2n) is 5.91. The van der Waals surface area contributed by atoms with Gasteiger partial charge < -0.3 is 10.1 Å². The minimum Gasteiger partial charge on any atom is -0.492 e. The Balaban J connectivity index is 2.07. The number of amides is 1. The summed E-state index contributed by atoms with van der Waals surface area (Å²) in [5.74, 6) is -0.0562. The van der Waals surface area contributed by atoms with Crippen LogP contribution in [0, 0.1) is 0 Å². The van der Waals surface area contributed by atoms with E-state index in [0.29, 0.717) is 18.0 Å². The Morgan fingerprint density at radius 1 is 1.15 bits per heavy atom. The van der Waals surface area contributed by atoms with Crippen LogP contribution < -0.4 is 14.8 Å². The van der Waals surface area contributed by atoms with Gasteiger partial charge in [0.05, 0.1) is 22.6 Å². The second kappa shape index (κ2) is 9.21. The van der Waals surface area contributed by atoms with Gasteiger partial charge in [-0.15, -0.1) is 0 Å². The maximum atomic E-state index is 12.5. The van der Waals surface area contributed by atoms with E-state index in [1.165, 1.54) is 25.1 Å². The van der Waals surface area contributed by atoms with E-state index in [9.17, 15) is 13.2 Å². The summed E-state index contributed by atoms with van der Waals surface area (Å²) in [6, 6.07) is 10.6. The first kappa shape index (κ1) is 21.2. The fourth-order valence-electron chi connectivity index (χ4n) is 2.35. The summed E-state index contributed by atoms with van der Waals surface area (Å²) in [4.78, 5) is 12.3. The number of ether oxygens (including phenoxy) is 1. The van der Waals surface area contributed by atoms with E-state index >= 15 is 0 Å². The number of aryl methyl sites for hydroxylation is 1. The molecule has 27 heavy (non-hydrogen) atoms. The zero-order valence-electron chi connectivity index (χ0n) is 15.5. The number of rotatable bonds is 8. The van der Waals surface area contributed by atoms with Gasteiger partial charge in [0.2, 0.25) is 15.9 Å². The number of nitrogens with one attached hydrogen (secondary N) is 2. The fraction of sp³-hybridized carbons (Fsp3) is 0.316. The standard InChI is InChI=1S/C19H23ClN2O4S/c1-4-14-6-8-15(9-7-14)21-19(23)13(3)22-27(24,25)16-10-11-18(26-5-2)17(20)12-16/h6-13,22H,4-5H2,1-3H3,(H,21,23)/t13-/m1/s1. The Morgan fingerprint density at radius 2 is 1.81 bits per heavy atom. The number of carbonyl (C=O) groups is 1. The molecule has 0 aliphatic heterocycles. The molecule has 0 heterocycles. The van der Waals surface area contributed by atoms with E-state index in [2.05, 4.69) is 10.0 Å². The largest absolute Gasteiger partial charge is 0.492 e. The molecular formula is C19H23ClN2O4S. The average molecular weight is 411 g/mol. The van der Waals surface area contributed by atoms with E-state index in [0.717, 1.165) is 12.0 Å². The van der Waals surface area contributed by atoms with Crippen LogP contribution in [0.3, 0.4) is 0 Å². The molecule has 0 saturated carbocycles. The van der Waals surface area contributed by atoms with Crippen LogP contribution in [0.25, 0.3) is 0 Å². The van der Waals surface area contributed by atoms with Crippen molar-refractivity contribution in [3.8, 4) is 5.75 Å². The molecule has 0 aromatic heterocycles. The van der Waals surface area contributed by atoms with Gasteiger partial charge in [-0.1, -0.05) is 30.7 Å². The van der Waals surface area contributed by atoms with Crippen LogP contribution in [0.1, 0.15) is 26.3 Å². The highest BCUT2D eigenvalue weighted by Gasteiger charge is 2.23. The summed E-state index contributed by atoms with van der Waals surface area (Å²) in [7, 11) is -3.91. The van der Waals surface area contributed by atoms with Gasteiger partial charge in [-0.25, -0.2) is 8.42 Å². The third-order valence-electron chi connectivity index (χ3n) is 3.87. The van der Waals surface area contributed by atoms with Gasteiger partial charge in [0.25, 0.3) is 0 Å². The van der Waals surface area contributed by atoms with E-state index in [1.54, 1.807) is 19.1 Å². The molecule has 2 rings (SSSR count). The van der Waals surface area contributed by atoms with Gasteiger partial charge in [0.1, 0.15) is 5.75 Å². The van der Waals surface area contributed by atoms with Crippen molar-refractivity contribution in [2.24, 2.45) is 0 Å². The van der Waals surface area contributed by atoms with Gasteiger partial charge in [-0.3, -0.25) is 4.79 Å². The number of sulfonamides is 1. The summed E-state index contributed by atoms with van der Waals surface area (Å²) in [6.45, 7) is 5.74. The topological polar surface area (TPSA) is 84.5 Å². The van der Waals surface area contributed by atoms with E-state index in [-0.39, 0.29) is 9.92 Å². The summed E-state index contributed by atoms with van der Waals surface area (Å²) in [5, 5.41) is 2.88. The molecule has 0 unspecified atom stereocenters. The number of carbonyl (C=O) groups excluding carboxylic acids is 1. The van der Waals surface area contributed by atoms with Crippen molar-refractivity contribution < 1.29 is 17.9 Å². The minimum atomic E-state index is -3.91. The lowest BCUT2D eigenvalue weighted by Crippen LogP contribution is -2.41. The molecular weight excluding hydrogens is 388 g/mol. The number of anilines is 1. The zero-order valence-corrected chi connectivity index (χ0v) is 17.0. The third-order valence-corrected chi connectivity index (χ3v) is 5.70. The van der Waals surface area contributed by atoms with Gasteiger partial charge >= 0.3 is 0 Å². The number of halogens is 1. The summed E-state index contributed by atoms with van der Waals surface area (Å²) >= 11 is 6.05. The molecule has 6 nitrogen and oxygen atoms in total. The lowest BCUT2D eigenvalue weighted by Gasteiger charge is -2.15. The smallest absolute Gasteiger partial charge is 0.242 e. The highest BCUT2D eigenvalue weighted by atomic mass is 35.5. The lowest BCUT2D eigenvalue weighted by atomic mass is 10.1. The van der Waals surface area contributed by atoms with Crippen molar-refractivity contribution in [3.63, 3.8) is 0 Å². The molecule has 1 atom stereocenters. The molecule has 0 bridgehead atoms. The first-order valence-electron chi connectivity index (χ1n) is 8.61. The van der Waals surface area contributed by atoms with E-state index in [4.69, 9.17) is 16.3 Å². The summed E-state index contributed by atoms with van der Waals surface area (Å²) in [6.07, 6.45) is 0.898. The van der Waals surface area contributed by atoms with Crippen molar-refractivity contribution in [1.82, 2.24) is 4.72 Å². The zero-order chi connectivity index (χ0) is 20.0. The monoisotopic (exact) mass is 410 g/mol. The second-order valence-corrected chi connectivity index (χ2v) is 8.03. The third kappa shape index (κ3) is 5.69. The maximum Gasteiger partial charge on any atom is 0.242 e. The minimum absolute atomic E-state index is 0.0390. The predicted molar refractivity (Wildman–Crippen MR) is 107 cm³/mol. The highest BCUT2D eigenvalue weighted by Crippen LogP contribution is 2.27. The Morgan fingerprint density at radius 3 is 2.37 bits per heavy atom. The maximum absolute atomic E-state index is 12.5. The van der Waals surface area contributed by atoms with E-state index in [1.807, 2.05) is 19.1 Å². The van der Waals surface area contributed by atoms with Crippen LogP contribution in [0.15, 0.2) is 47.4 Å². The summed E-state index contributed by atoms with van der Waals surface area (Å²) < 4.78 is 32.7. The molecule has 0 aliphatic rings. The molecule has 0 aliphatic carbocycles. The molecule has 0 fully saturated rings. The van der Waals surface area contributed by atoms with Crippen molar-refractivity contribution in [1.29, 1.82) is 0 Å². The molecule has 0 spiro atoms. The van der Waals surface area contributed by atoms with Crippen LogP contribution in [0.5, 0.6) is 5.75 Å². The Kier molecular flexibility index (Phi) is 7.24. The summed E-state index contributed by atoms with van der Waals surface area (Å²) in [5.41, 5.74) is 1.75. The number of hydrogen-bond acceptors (Lipinski definition) is 4. The SMILES string of the molecule is CCOc1ccc(S(=O)(=O)N[C@H](C)C(=O)Nc2ccc(CC)cc2)cc1Cl. The first-order valence-corrected chi connectivity index (χ1v) is 10.5. The van der Waals surface area contributed by atoms with Crippen molar-refractivity contribution in [2.75, 3.05) is 11.9 Å².